The highest BCUT2D eigenvalue weighted by Crippen LogP contribution is 2.24. The Bertz CT molecular complexity index is 847. The summed E-state index contributed by atoms with van der Waals surface area (Å²) in [6.07, 6.45) is 0. The van der Waals surface area contributed by atoms with E-state index in [1.54, 1.807) is 25.1 Å². The van der Waals surface area contributed by atoms with Crippen LogP contribution in [0.15, 0.2) is 42.5 Å². The molecule has 0 radical (unpaired) electrons. The van der Waals surface area contributed by atoms with Crippen molar-refractivity contribution >= 4 is 17.4 Å². The zero-order valence-electron chi connectivity index (χ0n) is 15.2. The molecule has 2 aromatic rings. The third-order valence-corrected chi connectivity index (χ3v) is 4.06. The number of rotatable bonds is 5. The lowest BCUT2D eigenvalue weighted by Crippen LogP contribution is -2.17. The highest BCUT2D eigenvalue weighted by Gasteiger charge is 2.24. The summed E-state index contributed by atoms with van der Waals surface area (Å²) < 4.78 is 5.02. The molecule has 0 atom stereocenters. The van der Waals surface area contributed by atoms with Crippen molar-refractivity contribution in [1.29, 1.82) is 0 Å². The van der Waals surface area contributed by atoms with Gasteiger partial charge < -0.3 is 4.74 Å². The van der Waals surface area contributed by atoms with Gasteiger partial charge in [-0.1, -0.05) is 57.2 Å². The van der Waals surface area contributed by atoms with Gasteiger partial charge in [0.1, 0.15) is 5.56 Å². The molecule has 0 N–H and O–H groups in total. The molecule has 0 aliphatic heterocycles. The number of esters is 1. The van der Waals surface area contributed by atoms with Crippen LogP contribution in [0.5, 0.6) is 0 Å². The van der Waals surface area contributed by atoms with E-state index in [0.717, 1.165) is 5.56 Å². The maximum Gasteiger partial charge on any atom is 0.345 e. The number of nitrogens with zero attached hydrogens (tertiary/aromatic N) is 1. The number of ketones is 1. The van der Waals surface area contributed by atoms with Gasteiger partial charge >= 0.3 is 5.97 Å². The molecule has 0 amide bonds. The zero-order valence-corrected chi connectivity index (χ0v) is 15.2. The normalized spacial score (nSPS) is 11.1. The standard InChI is InChI=1S/C20H21NO5/c1-13-6-5-7-16(21(24)25)18(13)19(23)26-12-17(22)14-8-10-15(11-9-14)20(2,3)4/h5-11H,12H2,1-4H3. The predicted molar refractivity (Wildman–Crippen MR) is 97.6 cm³/mol. The quantitative estimate of drug-likeness (QED) is 0.346. The third kappa shape index (κ3) is 4.33. The first kappa shape index (κ1) is 19.3. The van der Waals surface area contributed by atoms with Gasteiger partial charge in [0.2, 0.25) is 0 Å². The monoisotopic (exact) mass is 355 g/mol. The number of Topliss-reactive ketones (excluding diaryl/α,β-unsaturated/α-hetero) is 1. The van der Waals surface area contributed by atoms with Crippen LogP contribution in [0.4, 0.5) is 5.69 Å². The summed E-state index contributed by atoms with van der Waals surface area (Å²) in [5.74, 6) is -1.25. The molecular formula is C20H21NO5. The lowest BCUT2D eigenvalue weighted by atomic mass is 9.86. The second-order valence-electron chi connectivity index (χ2n) is 7.05. The second-order valence-corrected chi connectivity index (χ2v) is 7.05. The SMILES string of the molecule is Cc1cccc([N+](=O)[O-])c1C(=O)OCC(=O)c1ccc(C(C)(C)C)cc1. The van der Waals surface area contributed by atoms with E-state index in [1.165, 1.54) is 12.1 Å². The molecule has 0 unspecified atom stereocenters. The first-order chi connectivity index (χ1) is 12.1. The third-order valence-electron chi connectivity index (χ3n) is 4.06. The number of carbonyl (C=O) groups excluding carboxylic acids is 2. The molecule has 136 valence electrons. The summed E-state index contributed by atoms with van der Waals surface area (Å²) in [5, 5.41) is 11.1. The highest BCUT2D eigenvalue weighted by atomic mass is 16.6. The molecule has 6 nitrogen and oxygen atoms in total. The summed E-state index contributed by atoms with van der Waals surface area (Å²) in [7, 11) is 0. The van der Waals surface area contributed by atoms with Crippen molar-refractivity contribution in [2.75, 3.05) is 6.61 Å². The number of hydrogen-bond donors (Lipinski definition) is 0. The summed E-state index contributed by atoms with van der Waals surface area (Å²) in [6, 6.07) is 11.4. The maximum absolute atomic E-state index is 12.2. The average Bonchev–Trinajstić information content (AvgIpc) is 2.58. The number of hydrogen-bond acceptors (Lipinski definition) is 5. The number of ether oxygens (including phenoxy) is 1. The van der Waals surface area contributed by atoms with E-state index in [2.05, 4.69) is 20.8 Å². The molecule has 0 bridgehead atoms. The molecular weight excluding hydrogens is 334 g/mol. The molecule has 2 aromatic carbocycles. The molecule has 26 heavy (non-hydrogen) atoms. The largest absolute Gasteiger partial charge is 0.453 e. The Hall–Kier alpha value is -3.02. The zero-order chi connectivity index (χ0) is 19.5. The molecule has 0 spiro atoms. The number of aryl methyl sites for hydroxylation is 1. The first-order valence-electron chi connectivity index (χ1n) is 8.16. The van der Waals surface area contributed by atoms with Crippen LogP contribution < -0.4 is 0 Å². The van der Waals surface area contributed by atoms with Crippen molar-refractivity contribution < 1.29 is 19.2 Å². The van der Waals surface area contributed by atoms with Crippen molar-refractivity contribution in [2.45, 2.75) is 33.1 Å². The van der Waals surface area contributed by atoms with E-state index in [9.17, 15) is 19.7 Å². The van der Waals surface area contributed by atoms with Crippen LogP contribution in [0, 0.1) is 17.0 Å². The van der Waals surface area contributed by atoms with Gasteiger partial charge in [0, 0.05) is 11.6 Å². The van der Waals surface area contributed by atoms with E-state index in [4.69, 9.17) is 4.74 Å². The van der Waals surface area contributed by atoms with Crippen LogP contribution in [0.1, 0.15) is 52.6 Å². The number of nitro groups is 1. The van der Waals surface area contributed by atoms with Crippen molar-refractivity contribution in [3.8, 4) is 0 Å². The van der Waals surface area contributed by atoms with Gasteiger partial charge in [0.05, 0.1) is 4.92 Å². The van der Waals surface area contributed by atoms with E-state index in [-0.39, 0.29) is 22.4 Å². The molecule has 0 fully saturated rings. The van der Waals surface area contributed by atoms with Crippen molar-refractivity contribution in [2.24, 2.45) is 0 Å². The lowest BCUT2D eigenvalue weighted by Gasteiger charge is -2.18. The van der Waals surface area contributed by atoms with Gasteiger partial charge in [-0.25, -0.2) is 4.79 Å². The van der Waals surface area contributed by atoms with Crippen molar-refractivity contribution in [3.05, 3.63) is 74.8 Å². The molecule has 0 saturated carbocycles. The Labute approximate surface area is 151 Å². The summed E-state index contributed by atoms with van der Waals surface area (Å²) in [6.45, 7) is 7.32. The fraction of sp³-hybridized carbons (Fsp3) is 0.300. The van der Waals surface area contributed by atoms with E-state index >= 15 is 0 Å². The summed E-state index contributed by atoms with van der Waals surface area (Å²) in [4.78, 5) is 34.9. The van der Waals surface area contributed by atoms with Gasteiger partial charge in [-0.05, 0) is 23.5 Å². The minimum atomic E-state index is -0.880. The van der Waals surface area contributed by atoms with Gasteiger partial charge in [0.25, 0.3) is 5.69 Å². The van der Waals surface area contributed by atoms with Gasteiger partial charge in [-0.2, -0.15) is 0 Å². The first-order valence-corrected chi connectivity index (χ1v) is 8.16. The lowest BCUT2D eigenvalue weighted by molar-refractivity contribution is -0.385. The number of nitro benzene ring substituents is 1. The smallest absolute Gasteiger partial charge is 0.345 e. The molecule has 0 aliphatic carbocycles. The topological polar surface area (TPSA) is 86.5 Å². The summed E-state index contributed by atoms with van der Waals surface area (Å²) >= 11 is 0. The van der Waals surface area contributed by atoms with Crippen LogP contribution in [0.25, 0.3) is 0 Å². The fourth-order valence-electron chi connectivity index (χ4n) is 2.51. The number of carbonyl (C=O) groups is 2. The molecule has 0 aliphatic rings. The highest BCUT2D eigenvalue weighted by molar-refractivity contribution is 6.00. The van der Waals surface area contributed by atoms with Gasteiger partial charge in [-0.3, -0.25) is 14.9 Å². The Morgan fingerprint density at radius 1 is 1.08 bits per heavy atom. The minimum absolute atomic E-state index is 0.0299. The van der Waals surface area contributed by atoms with Crippen molar-refractivity contribution in [3.63, 3.8) is 0 Å². The second kappa shape index (κ2) is 7.47. The van der Waals surface area contributed by atoms with Crippen LogP contribution in [-0.2, 0) is 10.2 Å². The Morgan fingerprint density at radius 3 is 2.23 bits per heavy atom. The summed E-state index contributed by atoms with van der Waals surface area (Å²) in [5.41, 5.74) is 1.43. The Balaban J connectivity index is 2.11. The van der Waals surface area contributed by atoms with Gasteiger partial charge in [-0.15, -0.1) is 0 Å². The van der Waals surface area contributed by atoms with Gasteiger partial charge in [0.15, 0.2) is 12.4 Å². The fourth-order valence-corrected chi connectivity index (χ4v) is 2.51. The molecule has 0 heterocycles. The maximum atomic E-state index is 12.2. The predicted octanol–water partition coefficient (Wildman–Crippen LogP) is 4.24. The van der Waals surface area contributed by atoms with E-state index in [1.807, 2.05) is 12.1 Å². The molecule has 0 saturated heterocycles. The Morgan fingerprint density at radius 2 is 1.69 bits per heavy atom. The van der Waals surface area contributed by atoms with E-state index < -0.39 is 17.5 Å². The van der Waals surface area contributed by atoms with E-state index in [0.29, 0.717) is 11.1 Å². The van der Waals surface area contributed by atoms with Crippen LogP contribution in [0.2, 0.25) is 0 Å². The van der Waals surface area contributed by atoms with Crippen molar-refractivity contribution in [1.82, 2.24) is 0 Å². The van der Waals surface area contributed by atoms with Crippen LogP contribution in [-0.4, -0.2) is 23.3 Å². The molecule has 2 rings (SSSR count). The molecule has 0 aromatic heterocycles. The number of benzene rings is 2. The average molecular weight is 355 g/mol. The molecule has 6 heteroatoms. The van der Waals surface area contributed by atoms with Crippen LogP contribution >= 0.6 is 0 Å². The minimum Gasteiger partial charge on any atom is -0.453 e. The van der Waals surface area contributed by atoms with Crippen LogP contribution in [0.3, 0.4) is 0 Å². The Kier molecular flexibility index (Phi) is 5.55.